The molecule has 0 radical (unpaired) electrons. The first-order chi connectivity index (χ1) is 10.2. The minimum absolute atomic E-state index is 0.297. The van der Waals surface area contributed by atoms with Crippen LogP contribution in [-0.4, -0.2) is 11.1 Å². The van der Waals surface area contributed by atoms with Gasteiger partial charge >= 0.3 is 5.97 Å². The largest absolute Gasteiger partial charge is 0.478 e. The number of benzene rings is 1. The van der Waals surface area contributed by atoms with Gasteiger partial charge in [-0.1, -0.05) is 12.1 Å². The van der Waals surface area contributed by atoms with Gasteiger partial charge in [0, 0.05) is 27.5 Å². The van der Waals surface area contributed by atoms with E-state index < -0.39 is 5.97 Å². The first-order valence-electron chi connectivity index (χ1n) is 6.41. The Bertz CT molecular complexity index is 747. The summed E-state index contributed by atoms with van der Waals surface area (Å²) in [7, 11) is 0. The molecule has 3 nitrogen and oxygen atoms in total. The average Bonchev–Trinajstić information content (AvgIpc) is 3.16. The van der Waals surface area contributed by atoms with E-state index in [2.05, 4.69) is 28.2 Å². The van der Waals surface area contributed by atoms with Crippen LogP contribution in [0.5, 0.6) is 0 Å². The molecular weight excluding hydrogens is 302 g/mol. The molecule has 0 spiro atoms. The van der Waals surface area contributed by atoms with Gasteiger partial charge in [-0.2, -0.15) is 0 Å². The van der Waals surface area contributed by atoms with E-state index >= 15 is 0 Å². The highest BCUT2D eigenvalue weighted by Gasteiger charge is 2.05. The Morgan fingerprint density at radius 3 is 2.81 bits per heavy atom. The Hall–Kier alpha value is -2.11. The van der Waals surface area contributed by atoms with Crippen molar-refractivity contribution in [2.24, 2.45) is 0 Å². The molecule has 2 N–H and O–H groups in total. The second kappa shape index (κ2) is 6.11. The Morgan fingerprint density at radius 2 is 2.05 bits per heavy atom. The fourth-order valence-corrected chi connectivity index (χ4v) is 3.61. The molecule has 1 aromatic carbocycles. The number of nitrogens with one attached hydrogen (secondary N) is 1. The number of hydrogen-bond acceptors (Lipinski definition) is 4. The average molecular weight is 315 g/mol. The Labute approximate surface area is 130 Å². The van der Waals surface area contributed by atoms with E-state index in [1.54, 1.807) is 40.9 Å². The van der Waals surface area contributed by atoms with Crippen LogP contribution in [0.15, 0.2) is 53.2 Å². The fraction of sp³-hybridized carbons (Fsp3) is 0.0625. The van der Waals surface area contributed by atoms with Gasteiger partial charge in [-0.15, -0.1) is 22.7 Å². The maximum absolute atomic E-state index is 10.9. The van der Waals surface area contributed by atoms with E-state index in [9.17, 15) is 4.79 Å². The molecule has 0 amide bonds. The third kappa shape index (κ3) is 3.32. The van der Waals surface area contributed by atoms with Crippen LogP contribution >= 0.6 is 22.7 Å². The van der Waals surface area contributed by atoms with Crippen molar-refractivity contribution in [1.29, 1.82) is 0 Å². The van der Waals surface area contributed by atoms with Gasteiger partial charge in [0.15, 0.2) is 0 Å². The zero-order valence-corrected chi connectivity index (χ0v) is 12.7. The highest BCUT2D eigenvalue weighted by atomic mass is 32.1. The third-order valence-corrected chi connectivity index (χ3v) is 4.89. The third-order valence-electron chi connectivity index (χ3n) is 3.04. The molecule has 106 valence electrons. The summed E-state index contributed by atoms with van der Waals surface area (Å²) in [6.45, 7) is 0.694. The lowest BCUT2D eigenvalue weighted by atomic mass is 10.2. The van der Waals surface area contributed by atoms with E-state index in [1.807, 2.05) is 12.1 Å². The topological polar surface area (TPSA) is 49.3 Å². The van der Waals surface area contributed by atoms with Crippen molar-refractivity contribution in [2.45, 2.75) is 6.54 Å². The Balaban J connectivity index is 1.68. The molecular formula is C16H13NO2S2. The van der Waals surface area contributed by atoms with Crippen molar-refractivity contribution in [3.05, 3.63) is 63.7 Å². The van der Waals surface area contributed by atoms with E-state index in [-0.39, 0.29) is 0 Å². The van der Waals surface area contributed by atoms with E-state index in [0.717, 1.165) is 5.69 Å². The quantitative estimate of drug-likeness (QED) is 0.712. The molecule has 0 aliphatic carbocycles. The zero-order valence-electron chi connectivity index (χ0n) is 11.1. The molecule has 2 heterocycles. The van der Waals surface area contributed by atoms with E-state index in [1.165, 1.54) is 15.3 Å². The number of thiophene rings is 2. The number of carboxylic acid groups (broad SMARTS) is 1. The second-order valence-corrected chi connectivity index (χ2v) is 6.46. The highest BCUT2D eigenvalue weighted by Crippen LogP contribution is 2.29. The van der Waals surface area contributed by atoms with Crippen LogP contribution in [0.1, 0.15) is 15.2 Å². The Morgan fingerprint density at radius 1 is 1.14 bits per heavy atom. The summed E-state index contributed by atoms with van der Waals surface area (Å²) in [6.07, 6.45) is 0. The van der Waals surface area contributed by atoms with Crippen LogP contribution in [0, 0.1) is 0 Å². The van der Waals surface area contributed by atoms with Crippen LogP contribution in [0.4, 0.5) is 5.69 Å². The van der Waals surface area contributed by atoms with E-state index in [4.69, 9.17) is 5.11 Å². The number of rotatable bonds is 5. The second-order valence-electron chi connectivity index (χ2n) is 4.52. The minimum atomic E-state index is -0.908. The van der Waals surface area contributed by atoms with Crippen LogP contribution in [0.2, 0.25) is 0 Å². The number of carbonyl (C=O) groups is 1. The summed E-state index contributed by atoms with van der Waals surface area (Å²) in [5, 5.41) is 16.5. The van der Waals surface area contributed by atoms with Gasteiger partial charge in [0.1, 0.15) is 0 Å². The number of aromatic carboxylic acids is 1. The molecule has 0 saturated heterocycles. The normalized spacial score (nSPS) is 10.5. The highest BCUT2D eigenvalue weighted by molar-refractivity contribution is 7.14. The predicted molar refractivity (Wildman–Crippen MR) is 88.4 cm³/mol. The monoisotopic (exact) mass is 315 g/mol. The molecule has 3 aromatic rings. The maximum Gasteiger partial charge on any atom is 0.335 e. The minimum Gasteiger partial charge on any atom is -0.478 e. The molecule has 0 unspecified atom stereocenters. The standard InChI is InChI=1S/C16H13NO2S2/c18-16(19)11-3-1-4-13(7-11)17-9-14-8-12(10-21-14)15-5-2-6-20-15/h1-8,10,17H,9H2,(H,18,19). The summed E-state index contributed by atoms with van der Waals surface area (Å²) < 4.78 is 0. The lowest BCUT2D eigenvalue weighted by molar-refractivity contribution is 0.0697. The molecule has 0 saturated carbocycles. The molecule has 21 heavy (non-hydrogen) atoms. The lowest BCUT2D eigenvalue weighted by Crippen LogP contribution is -2.00. The molecule has 0 atom stereocenters. The summed E-state index contributed by atoms with van der Waals surface area (Å²) in [5.41, 5.74) is 2.36. The van der Waals surface area contributed by atoms with Crippen molar-refractivity contribution in [2.75, 3.05) is 5.32 Å². The molecule has 0 aliphatic rings. The van der Waals surface area contributed by atoms with Gasteiger partial charge < -0.3 is 10.4 Å². The summed E-state index contributed by atoms with van der Waals surface area (Å²) in [4.78, 5) is 13.4. The van der Waals surface area contributed by atoms with Crippen molar-refractivity contribution >= 4 is 34.3 Å². The van der Waals surface area contributed by atoms with Gasteiger partial charge in [-0.3, -0.25) is 0 Å². The first kappa shape index (κ1) is 13.9. The first-order valence-corrected chi connectivity index (χ1v) is 8.17. The van der Waals surface area contributed by atoms with Crippen molar-refractivity contribution in [3.63, 3.8) is 0 Å². The van der Waals surface area contributed by atoms with Crippen molar-refractivity contribution in [1.82, 2.24) is 0 Å². The van der Waals surface area contributed by atoms with Gasteiger partial charge in [-0.25, -0.2) is 4.79 Å². The molecule has 3 rings (SSSR count). The van der Waals surface area contributed by atoms with Crippen LogP contribution in [0.25, 0.3) is 10.4 Å². The summed E-state index contributed by atoms with van der Waals surface area (Å²) >= 11 is 3.44. The smallest absolute Gasteiger partial charge is 0.335 e. The van der Waals surface area contributed by atoms with Crippen LogP contribution in [0.3, 0.4) is 0 Å². The molecule has 5 heteroatoms. The fourth-order valence-electron chi connectivity index (χ4n) is 2.00. The van der Waals surface area contributed by atoms with Crippen LogP contribution < -0.4 is 5.32 Å². The van der Waals surface area contributed by atoms with Crippen LogP contribution in [-0.2, 0) is 6.54 Å². The zero-order chi connectivity index (χ0) is 14.7. The molecule has 2 aromatic heterocycles. The molecule has 0 aliphatic heterocycles. The van der Waals surface area contributed by atoms with Gasteiger partial charge in [0.05, 0.1) is 5.56 Å². The molecule has 0 fully saturated rings. The lowest BCUT2D eigenvalue weighted by Gasteiger charge is -2.05. The number of anilines is 1. The SMILES string of the molecule is O=C(O)c1cccc(NCc2cc(-c3cccs3)cs2)c1. The van der Waals surface area contributed by atoms with Gasteiger partial charge in [0.25, 0.3) is 0 Å². The maximum atomic E-state index is 10.9. The predicted octanol–water partition coefficient (Wildman–Crippen LogP) is 4.79. The van der Waals surface area contributed by atoms with Crippen molar-refractivity contribution in [3.8, 4) is 10.4 Å². The summed E-state index contributed by atoms with van der Waals surface area (Å²) in [6, 6.07) is 13.2. The number of carboxylic acids is 1. The van der Waals surface area contributed by atoms with E-state index in [0.29, 0.717) is 12.1 Å². The van der Waals surface area contributed by atoms with Crippen molar-refractivity contribution < 1.29 is 9.90 Å². The Kier molecular flexibility index (Phi) is 4.03. The van der Waals surface area contributed by atoms with Gasteiger partial charge in [0.2, 0.25) is 0 Å². The summed E-state index contributed by atoms with van der Waals surface area (Å²) in [5.74, 6) is -0.908. The van der Waals surface area contributed by atoms with Gasteiger partial charge in [-0.05, 0) is 41.1 Å². The molecule has 0 bridgehead atoms. The number of hydrogen-bond donors (Lipinski definition) is 2.